The van der Waals surface area contributed by atoms with E-state index >= 15 is 0 Å². The predicted octanol–water partition coefficient (Wildman–Crippen LogP) is 4.22. The van der Waals surface area contributed by atoms with Crippen LogP contribution in [0.2, 0.25) is 15.2 Å². The fraction of sp³-hybridized carbons (Fsp3) is 0.294. The number of rotatable bonds is 4. The molecule has 1 aromatic carbocycles. The Labute approximate surface area is 172 Å². The molecule has 10 heteroatoms. The highest BCUT2D eigenvalue weighted by Gasteiger charge is 2.37. The first kappa shape index (κ1) is 20.4. The number of piperidine rings is 1. The highest BCUT2D eigenvalue weighted by molar-refractivity contribution is 7.89. The summed E-state index contributed by atoms with van der Waals surface area (Å²) in [6.07, 6.45) is 3.05. The molecule has 6 nitrogen and oxygen atoms in total. The summed E-state index contributed by atoms with van der Waals surface area (Å²) < 4.78 is 27.2. The predicted molar refractivity (Wildman–Crippen MR) is 106 cm³/mol. The first-order valence-electron chi connectivity index (χ1n) is 8.18. The molecule has 3 rings (SSSR count). The Hall–Kier alpha value is -1.38. The van der Waals surface area contributed by atoms with Crippen LogP contribution in [0.5, 0.6) is 0 Å². The van der Waals surface area contributed by atoms with E-state index in [1.54, 1.807) is 12.1 Å². The standard InChI is InChI=1S/C17H16Cl3N3O3S/c18-13-6-4-11(9-14(13)19)22-17(24)15-3-1-2-8-23(15)27(25,26)12-5-7-16(20)21-10-12/h4-7,9-10,15H,1-3,8H2,(H,22,24). The molecule has 0 saturated carbocycles. The summed E-state index contributed by atoms with van der Waals surface area (Å²) in [6.45, 7) is 0.254. The van der Waals surface area contributed by atoms with Crippen molar-refractivity contribution in [3.05, 3.63) is 51.7 Å². The van der Waals surface area contributed by atoms with Crippen molar-refractivity contribution in [1.82, 2.24) is 9.29 Å². The minimum atomic E-state index is -3.88. The Morgan fingerprint density at radius 3 is 2.56 bits per heavy atom. The molecule has 0 bridgehead atoms. The molecule has 1 saturated heterocycles. The van der Waals surface area contributed by atoms with Gasteiger partial charge in [-0.2, -0.15) is 4.31 Å². The SMILES string of the molecule is O=C(Nc1ccc(Cl)c(Cl)c1)C1CCCCN1S(=O)(=O)c1ccc(Cl)nc1. The zero-order chi connectivity index (χ0) is 19.6. The van der Waals surface area contributed by atoms with Gasteiger partial charge in [0.25, 0.3) is 0 Å². The number of carbonyl (C=O) groups excluding carboxylic acids is 1. The molecule has 0 aliphatic carbocycles. The number of nitrogens with zero attached hydrogens (tertiary/aromatic N) is 2. The second kappa shape index (κ2) is 8.32. The Morgan fingerprint density at radius 2 is 1.89 bits per heavy atom. The van der Waals surface area contributed by atoms with Gasteiger partial charge in [0, 0.05) is 18.4 Å². The highest BCUT2D eigenvalue weighted by Crippen LogP contribution is 2.28. The summed E-state index contributed by atoms with van der Waals surface area (Å²) >= 11 is 17.6. The van der Waals surface area contributed by atoms with Crippen LogP contribution in [0.15, 0.2) is 41.4 Å². The first-order chi connectivity index (χ1) is 12.8. The van der Waals surface area contributed by atoms with E-state index in [-0.39, 0.29) is 16.6 Å². The molecule has 1 aliphatic heterocycles. The van der Waals surface area contributed by atoms with Crippen molar-refractivity contribution in [2.24, 2.45) is 0 Å². The van der Waals surface area contributed by atoms with E-state index in [4.69, 9.17) is 34.8 Å². The number of aromatic nitrogens is 1. The summed E-state index contributed by atoms with van der Waals surface area (Å²) in [7, 11) is -3.88. The van der Waals surface area contributed by atoms with Crippen LogP contribution >= 0.6 is 34.8 Å². The van der Waals surface area contributed by atoms with Gasteiger partial charge in [-0.25, -0.2) is 13.4 Å². The molecule has 1 fully saturated rings. The van der Waals surface area contributed by atoms with Crippen LogP contribution in [0.1, 0.15) is 19.3 Å². The van der Waals surface area contributed by atoms with E-state index in [0.717, 1.165) is 6.42 Å². The number of benzene rings is 1. The topological polar surface area (TPSA) is 79.4 Å². The second-order valence-electron chi connectivity index (χ2n) is 6.06. The van der Waals surface area contributed by atoms with E-state index in [1.165, 1.54) is 28.7 Å². The lowest BCUT2D eigenvalue weighted by Crippen LogP contribution is -2.49. The van der Waals surface area contributed by atoms with Gasteiger partial charge in [0.1, 0.15) is 16.1 Å². The van der Waals surface area contributed by atoms with Gasteiger partial charge in [0.2, 0.25) is 15.9 Å². The molecule has 2 aromatic rings. The van der Waals surface area contributed by atoms with Crippen LogP contribution in [0, 0.1) is 0 Å². The third-order valence-electron chi connectivity index (χ3n) is 4.25. The monoisotopic (exact) mass is 447 g/mol. The smallest absolute Gasteiger partial charge is 0.245 e. The number of nitrogens with one attached hydrogen (secondary N) is 1. The Morgan fingerprint density at radius 1 is 1.11 bits per heavy atom. The minimum Gasteiger partial charge on any atom is -0.325 e. The molecule has 1 amide bonds. The van der Waals surface area contributed by atoms with Crippen molar-refractivity contribution in [3.63, 3.8) is 0 Å². The molecule has 1 atom stereocenters. The molecule has 2 heterocycles. The number of carbonyl (C=O) groups is 1. The number of amides is 1. The maximum Gasteiger partial charge on any atom is 0.245 e. The lowest BCUT2D eigenvalue weighted by molar-refractivity contribution is -0.120. The van der Waals surface area contributed by atoms with Crippen LogP contribution in [0.3, 0.4) is 0 Å². The van der Waals surface area contributed by atoms with Gasteiger partial charge in [-0.15, -0.1) is 0 Å². The summed E-state index contributed by atoms with van der Waals surface area (Å²) in [6, 6.07) is 6.66. The maximum atomic E-state index is 13.0. The van der Waals surface area contributed by atoms with E-state index < -0.39 is 22.0 Å². The summed E-state index contributed by atoms with van der Waals surface area (Å²) in [4.78, 5) is 16.6. The molecule has 1 aromatic heterocycles. The molecule has 1 unspecified atom stereocenters. The van der Waals surface area contributed by atoms with Gasteiger partial charge in [-0.05, 0) is 43.2 Å². The lowest BCUT2D eigenvalue weighted by Gasteiger charge is -2.33. The molecule has 0 radical (unpaired) electrons. The van der Waals surface area contributed by atoms with Crippen molar-refractivity contribution in [2.75, 3.05) is 11.9 Å². The van der Waals surface area contributed by atoms with Gasteiger partial charge in [-0.3, -0.25) is 4.79 Å². The molecular formula is C17H16Cl3N3O3S. The third kappa shape index (κ3) is 4.55. The van der Waals surface area contributed by atoms with Crippen molar-refractivity contribution < 1.29 is 13.2 Å². The van der Waals surface area contributed by atoms with Gasteiger partial charge in [0.15, 0.2) is 0 Å². The number of hydrogen-bond donors (Lipinski definition) is 1. The molecule has 1 aliphatic rings. The molecular weight excluding hydrogens is 433 g/mol. The normalized spacial score (nSPS) is 18.3. The summed E-state index contributed by atoms with van der Waals surface area (Å²) in [5.74, 6) is -0.418. The van der Waals surface area contributed by atoms with E-state index in [2.05, 4.69) is 10.3 Å². The van der Waals surface area contributed by atoms with Crippen molar-refractivity contribution in [2.45, 2.75) is 30.2 Å². The molecule has 27 heavy (non-hydrogen) atoms. The van der Waals surface area contributed by atoms with Crippen molar-refractivity contribution in [1.29, 1.82) is 0 Å². The third-order valence-corrected chi connectivity index (χ3v) is 7.10. The first-order valence-corrected chi connectivity index (χ1v) is 10.8. The van der Waals surface area contributed by atoms with E-state index in [9.17, 15) is 13.2 Å². The fourth-order valence-electron chi connectivity index (χ4n) is 2.90. The highest BCUT2D eigenvalue weighted by atomic mass is 35.5. The van der Waals surface area contributed by atoms with Crippen molar-refractivity contribution in [3.8, 4) is 0 Å². The summed E-state index contributed by atoms with van der Waals surface area (Å²) in [5, 5.41) is 3.58. The molecule has 0 spiro atoms. The second-order valence-corrected chi connectivity index (χ2v) is 9.15. The molecule has 144 valence electrons. The van der Waals surface area contributed by atoms with Gasteiger partial charge >= 0.3 is 0 Å². The Kier molecular flexibility index (Phi) is 6.28. The van der Waals surface area contributed by atoms with Crippen LogP contribution < -0.4 is 5.32 Å². The average molecular weight is 449 g/mol. The number of hydrogen-bond acceptors (Lipinski definition) is 4. The number of anilines is 1. The lowest BCUT2D eigenvalue weighted by atomic mass is 10.0. The van der Waals surface area contributed by atoms with Crippen molar-refractivity contribution >= 4 is 56.4 Å². The Bertz CT molecular complexity index is 952. The summed E-state index contributed by atoms with van der Waals surface area (Å²) in [5.41, 5.74) is 0.450. The zero-order valence-electron chi connectivity index (χ0n) is 14.0. The van der Waals surface area contributed by atoms with E-state index in [0.29, 0.717) is 28.6 Å². The molecule has 1 N–H and O–H groups in total. The number of sulfonamides is 1. The maximum absolute atomic E-state index is 13.0. The average Bonchev–Trinajstić information content (AvgIpc) is 2.65. The van der Waals surface area contributed by atoms with Gasteiger partial charge in [-0.1, -0.05) is 41.2 Å². The van der Waals surface area contributed by atoms with Crippen LogP contribution in [0.4, 0.5) is 5.69 Å². The van der Waals surface area contributed by atoms with Gasteiger partial charge < -0.3 is 5.32 Å². The minimum absolute atomic E-state index is 0.00105. The van der Waals surface area contributed by atoms with Gasteiger partial charge in [0.05, 0.1) is 10.0 Å². The number of pyridine rings is 1. The largest absolute Gasteiger partial charge is 0.325 e. The van der Waals surface area contributed by atoms with Crippen LogP contribution in [-0.4, -0.2) is 36.2 Å². The van der Waals surface area contributed by atoms with Crippen LogP contribution in [-0.2, 0) is 14.8 Å². The van der Waals surface area contributed by atoms with Crippen LogP contribution in [0.25, 0.3) is 0 Å². The Balaban J connectivity index is 1.85. The van der Waals surface area contributed by atoms with E-state index in [1.807, 2.05) is 0 Å². The quantitative estimate of drug-likeness (QED) is 0.710. The zero-order valence-corrected chi connectivity index (χ0v) is 17.1. The fourth-order valence-corrected chi connectivity index (χ4v) is 4.92. The number of halogens is 3.